The molecular formula is C8H7Br2NO2. The second-order valence-electron chi connectivity index (χ2n) is 2.57. The summed E-state index contributed by atoms with van der Waals surface area (Å²) in [4.78, 5) is 10.2. The molecule has 5 heteroatoms. The zero-order valence-electron chi connectivity index (χ0n) is 6.88. The third kappa shape index (κ3) is 2.08. The second-order valence-corrected chi connectivity index (χ2v) is 3.93. The zero-order valence-corrected chi connectivity index (χ0v) is 10.1. The van der Waals surface area contributed by atoms with Crippen LogP contribution in [0.3, 0.4) is 0 Å². The van der Waals surface area contributed by atoms with Gasteiger partial charge in [0, 0.05) is 21.4 Å². The minimum atomic E-state index is -0.377. The van der Waals surface area contributed by atoms with E-state index in [1.807, 2.05) is 0 Å². The first-order valence-electron chi connectivity index (χ1n) is 3.56. The van der Waals surface area contributed by atoms with E-state index < -0.39 is 0 Å². The quantitative estimate of drug-likeness (QED) is 0.476. The molecule has 0 heterocycles. The predicted molar refractivity (Wildman–Crippen MR) is 58.2 cm³/mol. The summed E-state index contributed by atoms with van der Waals surface area (Å²) in [6.07, 6.45) is 0. The Kier molecular flexibility index (Phi) is 3.44. The zero-order chi connectivity index (χ0) is 10.0. The molecule has 0 N–H and O–H groups in total. The topological polar surface area (TPSA) is 43.1 Å². The van der Waals surface area contributed by atoms with Crippen molar-refractivity contribution in [2.45, 2.75) is 12.3 Å². The number of hydrogen-bond donors (Lipinski definition) is 0. The molecule has 0 fully saturated rings. The Labute approximate surface area is 92.5 Å². The van der Waals surface area contributed by atoms with Crippen LogP contribution in [0.15, 0.2) is 16.6 Å². The highest BCUT2D eigenvalue weighted by Gasteiger charge is 2.14. The van der Waals surface area contributed by atoms with E-state index in [9.17, 15) is 10.1 Å². The van der Waals surface area contributed by atoms with Gasteiger partial charge in [-0.3, -0.25) is 10.1 Å². The third-order valence-electron chi connectivity index (χ3n) is 1.78. The summed E-state index contributed by atoms with van der Waals surface area (Å²) in [6, 6.07) is 3.26. The summed E-state index contributed by atoms with van der Waals surface area (Å²) in [5, 5.41) is 11.2. The lowest BCUT2D eigenvalue weighted by Gasteiger charge is -2.04. The Morgan fingerprint density at radius 1 is 1.54 bits per heavy atom. The Balaban J connectivity index is 3.31. The van der Waals surface area contributed by atoms with Crippen LogP contribution in [-0.4, -0.2) is 4.92 Å². The Bertz CT molecular complexity index is 352. The van der Waals surface area contributed by atoms with Crippen molar-refractivity contribution in [1.29, 1.82) is 0 Å². The van der Waals surface area contributed by atoms with Crippen molar-refractivity contribution in [3.63, 3.8) is 0 Å². The summed E-state index contributed by atoms with van der Waals surface area (Å²) in [5.74, 6) is 0. The predicted octanol–water partition coefficient (Wildman–Crippen LogP) is 3.56. The number of nitro groups is 1. The molecule has 0 saturated heterocycles. The highest BCUT2D eigenvalue weighted by Crippen LogP contribution is 2.30. The highest BCUT2D eigenvalue weighted by molar-refractivity contribution is 9.10. The number of alkyl halides is 1. The molecular weight excluding hydrogens is 302 g/mol. The molecule has 1 aromatic rings. The molecule has 0 bridgehead atoms. The van der Waals surface area contributed by atoms with Crippen LogP contribution in [0.4, 0.5) is 5.69 Å². The van der Waals surface area contributed by atoms with Crippen LogP contribution in [-0.2, 0) is 5.33 Å². The maximum atomic E-state index is 10.5. The fourth-order valence-electron chi connectivity index (χ4n) is 1.03. The summed E-state index contributed by atoms with van der Waals surface area (Å²) >= 11 is 6.63. The lowest BCUT2D eigenvalue weighted by Crippen LogP contribution is -1.94. The standard InChI is InChI=1S/C8H7Br2NO2/c1-5-7(11(12)13)3-2-6(4-9)8(5)10/h2-3H,4H2,1H3. The van der Waals surface area contributed by atoms with E-state index in [2.05, 4.69) is 31.9 Å². The average Bonchev–Trinajstić information content (AvgIpc) is 2.09. The van der Waals surface area contributed by atoms with E-state index in [4.69, 9.17) is 0 Å². The molecule has 70 valence electrons. The van der Waals surface area contributed by atoms with Crippen LogP contribution in [0, 0.1) is 17.0 Å². The number of nitro benzene ring substituents is 1. The normalized spacial score (nSPS) is 10.1. The van der Waals surface area contributed by atoms with Crippen LogP contribution in [0.2, 0.25) is 0 Å². The SMILES string of the molecule is Cc1c([N+](=O)[O-])ccc(CBr)c1Br. The molecule has 0 atom stereocenters. The first-order valence-corrected chi connectivity index (χ1v) is 5.47. The molecule has 1 rings (SSSR count). The molecule has 0 aliphatic carbocycles. The lowest BCUT2D eigenvalue weighted by molar-refractivity contribution is -0.385. The molecule has 0 spiro atoms. The molecule has 0 aliphatic heterocycles. The Morgan fingerprint density at radius 3 is 2.62 bits per heavy atom. The maximum Gasteiger partial charge on any atom is 0.273 e. The first kappa shape index (κ1) is 10.7. The summed E-state index contributed by atoms with van der Waals surface area (Å²) < 4.78 is 0.804. The van der Waals surface area contributed by atoms with Crippen LogP contribution < -0.4 is 0 Å². The van der Waals surface area contributed by atoms with E-state index in [-0.39, 0.29) is 10.6 Å². The van der Waals surface area contributed by atoms with Crippen LogP contribution >= 0.6 is 31.9 Å². The third-order valence-corrected chi connectivity index (χ3v) is 3.49. The minimum absolute atomic E-state index is 0.150. The van der Waals surface area contributed by atoms with Gasteiger partial charge >= 0.3 is 0 Å². The van der Waals surface area contributed by atoms with Crippen molar-refractivity contribution in [2.75, 3.05) is 0 Å². The molecule has 0 amide bonds. The number of rotatable bonds is 2. The second kappa shape index (κ2) is 4.19. The molecule has 0 saturated carbocycles. The molecule has 0 unspecified atom stereocenters. The van der Waals surface area contributed by atoms with Crippen molar-refractivity contribution in [3.05, 3.63) is 37.8 Å². The van der Waals surface area contributed by atoms with Crippen LogP contribution in [0.5, 0.6) is 0 Å². The first-order chi connectivity index (χ1) is 6.07. The minimum Gasteiger partial charge on any atom is -0.258 e. The van der Waals surface area contributed by atoms with Crippen molar-refractivity contribution in [1.82, 2.24) is 0 Å². The molecule has 13 heavy (non-hydrogen) atoms. The molecule has 1 aromatic carbocycles. The van der Waals surface area contributed by atoms with Gasteiger partial charge < -0.3 is 0 Å². The number of nitrogens with zero attached hydrogens (tertiary/aromatic N) is 1. The molecule has 0 aromatic heterocycles. The smallest absolute Gasteiger partial charge is 0.258 e. The molecule has 3 nitrogen and oxygen atoms in total. The van der Waals surface area contributed by atoms with Gasteiger partial charge in [0.05, 0.1) is 4.92 Å². The summed E-state index contributed by atoms with van der Waals surface area (Å²) in [6.45, 7) is 1.73. The van der Waals surface area contributed by atoms with Gasteiger partial charge in [-0.1, -0.05) is 22.0 Å². The van der Waals surface area contributed by atoms with E-state index in [1.165, 1.54) is 6.07 Å². The van der Waals surface area contributed by atoms with Gasteiger partial charge in [-0.2, -0.15) is 0 Å². The monoisotopic (exact) mass is 307 g/mol. The largest absolute Gasteiger partial charge is 0.273 e. The fourth-order valence-corrected chi connectivity index (χ4v) is 2.35. The van der Waals surface area contributed by atoms with E-state index in [0.29, 0.717) is 10.9 Å². The summed E-state index contributed by atoms with van der Waals surface area (Å²) in [7, 11) is 0. The van der Waals surface area contributed by atoms with Gasteiger partial charge in [-0.05, 0) is 28.4 Å². The van der Waals surface area contributed by atoms with Crippen molar-refractivity contribution >= 4 is 37.5 Å². The van der Waals surface area contributed by atoms with Crippen molar-refractivity contribution < 1.29 is 4.92 Å². The Hall–Kier alpha value is -0.420. The molecule has 0 aliphatic rings. The van der Waals surface area contributed by atoms with Crippen molar-refractivity contribution in [3.8, 4) is 0 Å². The van der Waals surface area contributed by atoms with E-state index in [0.717, 1.165) is 10.0 Å². The number of hydrogen-bond acceptors (Lipinski definition) is 2. The van der Waals surface area contributed by atoms with Gasteiger partial charge in [0.1, 0.15) is 0 Å². The maximum absolute atomic E-state index is 10.5. The number of benzene rings is 1. The van der Waals surface area contributed by atoms with Crippen LogP contribution in [0.1, 0.15) is 11.1 Å². The van der Waals surface area contributed by atoms with Gasteiger partial charge in [-0.15, -0.1) is 0 Å². The summed E-state index contributed by atoms with van der Waals surface area (Å²) in [5.41, 5.74) is 1.83. The van der Waals surface area contributed by atoms with Crippen molar-refractivity contribution in [2.24, 2.45) is 0 Å². The van der Waals surface area contributed by atoms with E-state index in [1.54, 1.807) is 13.0 Å². The van der Waals surface area contributed by atoms with Gasteiger partial charge in [0.25, 0.3) is 5.69 Å². The van der Waals surface area contributed by atoms with E-state index >= 15 is 0 Å². The average molecular weight is 309 g/mol. The highest BCUT2D eigenvalue weighted by atomic mass is 79.9. The van der Waals surface area contributed by atoms with Crippen LogP contribution in [0.25, 0.3) is 0 Å². The van der Waals surface area contributed by atoms with Gasteiger partial charge in [0.2, 0.25) is 0 Å². The fraction of sp³-hybridized carbons (Fsp3) is 0.250. The van der Waals surface area contributed by atoms with Gasteiger partial charge in [-0.25, -0.2) is 0 Å². The lowest BCUT2D eigenvalue weighted by atomic mass is 10.1. The number of halogens is 2. The van der Waals surface area contributed by atoms with Gasteiger partial charge in [0.15, 0.2) is 0 Å². The molecule has 0 radical (unpaired) electrons. The Morgan fingerprint density at radius 2 is 2.15 bits per heavy atom.